The third-order valence-corrected chi connectivity index (χ3v) is 2.73. The van der Waals surface area contributed by atoms with Gasteiger partial charge in [-0.3, -0.25) is 9.78 Å². The van der Waals surface area contributed by atoms with E-state index in [-0.39, 0.29) is 5.56 Å². The maximum absolute atomic E-state index is 11.9. The molecule has 0 aliphatic heterocycles. The largest absolute Gasteiger partial charge is 0.306 e. The lowest BCUT2D eigenvalue weighted by atomic mass is 10.2. The number of nitrogens with one attached hydrogen (secondary N) is 1. The first kappa shape index (κ1) is 11.3. The van der Waals surface area contributed by atoms with Crippen LogP contribution in [-0.2, 0) is 0 Å². The van der Waals surface area contributed by atoms with Crippen molar-refractivity contribution in [2.75, 3.05) is 0 Å². The molecule has 19 heavy (non-hydrogen) atoms. The highest BCUT2D eigenvalue weighted by Gasteiger charge is 2.00. The molecule has 4 heteroatoms. The van der Waals surface area contributed by atoms with Crippen LogP contribution in [0.25, 0.3) is 23.1 Å². The average Bonchev–Trinajstić information content (AvgIpc) is 2.46. The Morgan fingerprint density at radius 1 is 1.00 bits per heavy atom. The molecule has 2 aromatic heterocycles. The molecule has 92 valence electrons. The molecular weight excluding hydrogens is 238 g/mol. The van der Waals surface area contributed by atoms with Gasteiger partial charge in [-0.05, 0) is 36.4 Å². The normalized spacial score (nSPS) is 11.2. The second kappa shape index (κ2) is 4.86. The first-order valence-corrected chi connectivity index (χ1v) is 5.91. The second-order valence-electron chi connectivity index (χ2n) is 4.06. The van der Waals surface area contributed by atoms with Crippen molar-refractivity contribution in [1.82, 2.24) is 15.0 Å². The summed E-state index contributed by atoms with van der Waals surface area (Å²) >= 11 is 0. The van der Waals surface area contributed by atoms with Crippen LogP contribution in [-0.4, -0.2) is 15.0 Å². The molecule has 3 rings (SSSR count). The van der Waals surface area contributed by atoms with E-state index in [1.54, 1.807) is 18.3 Å². The monoisotopic (exact) mass is 249 g/mol. The smallest absolute Gasteiger partial charge is 0.259 e. The average molecular weight is 249 g/mol. The van der Waals surface area contributed by atoms with Crippen LogP contribution in [0.4, 0.5) is 0 Å². The van der Waals surface area contributed by atoms with Crippen LogP contribution in [0.5, 0.6) is 0 Å². The number of hydrogen-bond donors (Lipinski definition) is 1. The molecule has 1 aromatic carbocycles. The Bertz CT molecular complexity index is 791. The Kier molecular flexibility index (Phi) is 2.90. The van der Waals surface area contributed by atoms with Crippen LogP contribution in [0.15, 0.2) is 53.5 Å². The van der Waals surface area contributed by atoms with Crippen molar-refractivity contribution in [3.05, 3.63) is 70.5 Å². The third kappa shape index (κ3) is 2.42. The van der Waals surface area contributed by atoms with Crippen LogP contribution in [0.2, 0.25) is 0 Å². The molecule has 0 aliphatic carbocycles. The maximum atomic E-state index is 11.9. The Hall–Kier alpha value is -2.75. The molecule has 0 unspecified atom stereocenters. The van der Waals surface area contributed by atoms with Gasteiger partial charge in [0.2, 0.25) is 0 Å². The van der Waals surface area contributed by atoms with E-state index in [0.29, 0.717) is 16.7 Å². The molecule has 0 radical (unpaired) electrons. The van der Waals surface area contributed by atoms with Crippen molar-refractivity contribution in [3.63, 3.8) is 0 Å². The summed E-state index contributed by atoms with van der Waals surface area (Å²) in [5.41, 5.74) is 1.37. The zero-order chi connectivity index (χ0) is 13.1. The summed E-state index contributed by atoms with van der Waals surface area (Å²) in [6.07, 6.45) is 5.28. The molecule has 0 fully saturated rings. The molecule has 1 N–H and O–H groups in total. The highest BCUT2D eigenvalue weighted by molar-refractivity contribution is 5.78. The van der Waals surface area contributed by atoms with Gasteiger partial charge in [0.25, 0.3) is 5.56 Å². The second-order valence-corrected chi connectivity index (χ2v) is 4.06. The van der Waals surface area contributed by atoms with Crippen molar-refractivity contribution >= 4 is 23.1 Å². The number of benzene rings is 1. The van der Waals surface area contributed by atoms with Gasteiger partial charge < -0.3 is 4.98 Å². The SMILES string of the molecule is O=c1[nH]c(/C=C/c2ccccn2)nc2ccccc12. The Morgan fingerprint density at radius 3 is 2.68 bits per heavy atom. The van der Waals surface area contributed by atoms with E-state index in [1.807, 2.05) is 42.5 Å². The number of para-hydroxylation sites is 1. The minimum atomic E-state index is -0.133. The van der Waals surface area contributed by atoms with Crippen LogP contribution in [0, 0.1) is 0 Å². The van der Waals surface area contributed by atoms with Gasteiger partial charge in [0.15, 0.2) is 0 Å². The predicted molar refractivity (Wildman–Crippen MR) is 75.5 cm³/mol. The van der Waals surface area contributed by atoms with E-state index < -0.39 is 0 Å². The molecule has 0 saturated carbocycles. The molecule has 0 aliphatic rings. The minimum absolute atomic E-state index is 0.133. The summed E-state index contributed by atoms with van der Waals surface area (Å²) in [5.74, 6) is 0.523. The highest BCUT2D eigenvalue weighted by atomic mass is 16.1. The van der Waals surface area contributed by atoms with E-state index in [2.05, 4.69) is 15.0 Å². The van der Waals surface area contributed by atoms with Gasteiger partial charge in [-0.1, -0.05) is 18.2 Å². The van der Waals surface area contributed by atoms with E-state index in [1.165, 1.54) is 0 Å². The van der Waals surface area contributed by atoms with E-state index in [0.717, 1.165) is 5.69 Å². The van der Waals surface area contributed by atoms with Gasteiger partial charge >= 0.3 is 0 Å². The van der Waals surface area contributed by atoms with Crippen LogP contribution in [0.1, 0.15) is 11.5 Å². The summed E-state index contributed by atoms with van der Waals surface area (Å²) in [6, 6.07) is 12.9. The lowest BCUT2D eigenvalue weighted by molar-refractivity contribution is 1.14. The van der Waals surface area contributed by atoms with Gasteiger partial charge in [0.05, 0.1) is 16.6 Å². The minimum Gasteiger partial charge on any atom is -0.306 e. The number of hydrogen-bond acceptors (Lipinski definition) is 3. The van der Waals surface area contributed by atoms with Crippen LogP contribution >= 0.6 is 0 Å². The molecule has 2 heterocycles. The molecule has 0 amide bonds. The zero-order valence-corrected chi connectivity index (χ0v) is 10.1. The van der Waals surface area contributed by atoms with Crippen molar-refractivity contribution in [2.24, 2.45) is 0 Å². The first-order chi connectivity index (χ1) is 9.33. The van der Waals surface area contributed by atoms with E-state index in [4.69, 9.17) is 0 Å². The molecule has 0 bridgehead atoms. The standard InChI is InChI=1S/C15H11N3O/c19-15-12-6-1-2-7-13(12)17-14(18-15)9-8-11-5-3-4-10-16-11/h1-10H,(H,17,18,19)/b9-8+. The number of fused-ring (bicyclic) bond motifs is 1. The molecule has 0 spiro atoms. The predicted octanol–water partition coefficient (Wildman–Crippen LogP) is 2.49. The first-order valence-electron chi connectivity index (χ1n) is 5.91. The Morgan fingerprint density at radius 2 is 1.84 bits per heavy atom. The topological polar surface area (TPSA) is 58.6 Å². The van der Waals surface area contributed by atoms with Crippen molar-refractivity contribution in [1.29, 1.82) is 0 Å². The van der Waals surface area contributed by atoms with Gasteiger partial charge in [0.1, 0.15) is 5.82 Å². The number of aromatic amines is 1. The van der Waals surface area contributed by atoms with Crippen molar-refractivity contribution in [3.8, 4) is 0 Å². The van der Waals surface area contributed by atoms with Gasteiger partial charge in [-0.15, -0.1) is 0 Å². The summed E-state index contributed by atoms with van der Waals surface area (Å²) < 4.78 is 0. The summed E-state index contributed by atoms with van der Waals surface area (Å²) in [6.45, 7) is 0. The van der Waals surface area contributed by atoms with E-state index >= 15 is 0 Å². The van der Waals surface area contributed by atoms with Crippen molar-refractivity contribution in [2.45, 2.75) is 0 Å². The Balaban J connectivity index is 2.02. The van der Waals surface area contributed by atoms with Gasteiger partial charge in [0, 0.05) is 6.20 Å². The maximum Gasteiger partial charge on any atom is 0.259 e. The Labute approximate surface area is 109 Å². The molecule has 0 saturated heterocycles. The lowest BCUT2D eigenvalue weighted by Gasteiger charge is -1.98. The summed E-state index contributed by atoms with van der Waals surface area (Å²) in [5, 5.41) is 0.595. The summed E-state index contributed by atoms with van der Waals surface area (Å²) in [4.78, 5) is 23.2. The fraction of sp³-hybridized carbons (Fsp3) is 0. The number of aromatic nitrogens is 3. The van der Waals surface area contributed by atoms with Crippen molar-refractivity contribution < 1.29 is 0 Å². The fourth-order valence-corrected chi connectivity index (χ4v) is 1.82. The number of H-pyrrole nitrogens is 1. The fourth-order valence-electron chi connectivity index (χ4n) is 1.82. The van der Waals surface area contributed by atoms with E-state index in [9.17, 15) is 4.79 Å². The van der Waals surface area contributed by atoms with Gasteiger partial charge in [-0.2, -0.15) is 0 Å². The number of rotatable bonds is 2. The van der Waals surface area contributed by atoms with Gasteiger partial charge in [-0.25, -0.2) is 4.98 Å². The zero-order valence-electron chi connectivity index (χ0n) is 10.1. The molecular formula is C15H11N3O. The molecule has 4 nitrogen and oxygen atoms in total. The highest BCUT2D eigenvalue weighted by Crippen LogP contribution is 2.07. The van der Waals surface area contributed by atoms with Crippen LogP contribution in [0.3, 0.4) is 0 Å². The van der Waals surface area contributed by atoms with Crippen LogP contribution < -0.4 is 5.56 Å². The number of pyridine rings is 1. The third-order valence-electron chi connectivity index (χ3n) is 2.73. The summed E-state index contributed by atoms with van der Waals surface area (Å²) in [7, 11) is 0. The number of nitrogens with zero attached hydrogens (tertiary/aromatic N) is 2. The molecule has 0 atom stereocenters. The lowest BCUT2D eigenvalue weighted by Crippen LogP contribution is -2.09. The quantitative estimate of drug-likeness (QED) is 0.759. The molecule has 3 aromatic rings.